The molecule has 1 aromatic rings. The van der Waals surface area contributed by atoms with Crippen molar-refractivity contribution in [1.29, 1.82) is 0 Å². The minimum Gasteiger partial charge on any atom is -0.389 e. The summed E-state index contributed by atoms with van der Waals surface area (Å²) in [6.45, 7) is 0.928. The number of fused-ring (bicyclic) bond motifs is 1. The predicted octanol–water partition coefficient (Wildman–Crippen LogP) is 4.29. The summed E-state index contributed by atoms with van der Waals surface area (Å²) in [5.41, 5.74) is 0.675. The van der Waals surface area contributed by atoms with Crippen molar-refractivity contribution in [1.82, 2.24) is 4.90 Å². The molecule has 1 aromatic carbocycles. The van der Waals surface area contributed by atoms with Crippen LogP contribution in [0, 0.1) is 5.92 Å². The van der Waals surface area contributed by atoms with Gasteiger partial charge in [0.2, 0.25) is 0 Å². The first-order valence-electron chi connectivity index (χ1n) is 7.39. The van der Waals surface area contributed by atoms with E-state index in [1.54, 1.807) is 0 Å². The lowest BCUT2D eigenvalue weighted by Crippen LogP contribution is -2.53. The Labute approximate surface area is 130 Å². The van der Waals surface area contributed by atoms with E-state index in [9.17, 15) is 5.11 Å². The van der Waals surface area contributed by atoms with E-state index in [4.69, 9.17) is 23.2 Å². The largest absolute Gasteiger partial charge is 0.389 e. The van der Waals surface area contributed by atoms with Crippen LogP contribution in [-0.2, 0) is 0 Å². The number of halogens is 2. The molecule has 1 saturated carbocycles. The van der Waals surface area contributed by atoms with Gasteiger partial charge in [-0.25, -0.2) is 0 Å². The number of hydrogen-bond donors (Lipinski definition) is 1. The van der Waals surface area contributed by atoms with Crippen molar-refractivity contribution in [3.05, 3.63) is 33.8 Å². The number of nitrogens with zero attached hydrogens (tertiary/aromatic N) is 1. The summed E-state index contributed by atoms with van der Waals surface area (Å²) < 4.78 is 0. The molecule has 2 aliphatic rings. The van der Waals surface area contributed by atoms with Gasteiger partial charge in [-0.2, -0.15) is 0 Å². The van der Waals surface area contributed by atoms with Gasteiger partial charge in [-0.1, -0.05) is 42.1 Å². The van der Waals surface area contributed by atoms with E-state index >= 15 is 0 Å². The van der Waals surface area contributed by atoms with Crippen molar-refractivity contribution < 1.29 is 5.11 Å². The summed E-state index contributed by atoms with van der Waals surface area (Å²) in [5.74, 6) is 0.298. The zero-order valence-electron chi connectivity index (χ0n) is 11.8. The Hall–Kier alpha value is -0.280. The van der Waals surface area contributed by atoms with Gasteiger partial charge in [0.1, 0.15) is 0 Å². The lowest BCUT2D eigenvalue weighted by atomic mass is 9.66. The summed E-state index contributed by atoms with van der Waals surface area (Å²) in [6.07, 6.45) is 5.25. The topological polar surface area (TPSA) is 23.5 Å². The number of rotatable bonds is 1. The number of aliphatic hydroxyl groups is 1. The standard InChI is InChI=1S/C16H21Cl2NO/c1-19-9-8-16(20)7-3-2-4-12(16)15(19)11-5-6-13(17)14(18)10-11/h5-6,10,12,15,20H,2-4,7-9H2,1H3. The van der Waals surface area contributed by atoms with Crippen LogP contribution in [0.5, 0.6) is 0 Å². The predicted molar refractivity (Wildman–Crippen MR) is 83.4 cm³/mol. The minimum absolute atomic E-state index is 0.240. The van der Waals surface area contributed by atoms with Gasteiger partial charge in [0.05, 0.1) is 15.6 Å². The van der Waals surface area contributed by atoms with Gasteiger partial charge in [-0.15, -0.1) is 0 Å². The van der Waals surface area contributed by atoms with Gasteiger partial charge < -0.3 is 5.11 Å². The Balaban J connectivity index is 1.97. The number of benzene rings is 1. The molecule has 0 bridgehead atoms. The van der Waals surface area contributed by atoms with Crippen molar-refractivity contribution in [2.24, 2.45) is 5.92 Å². The molecule has 0 aromatic heterocycles. The first-order chi connectivity index (χ1) is 9.51. The van der Waals surface area contributed by atoms with E-state index in [1.165, 1.54) is 12.0 Å². The molecule has 3 atom stereocenters. The van der Waals surface area contributed by atoms with E-state index < -0.39 is 5.60 Å². The van der Waals surface area contributed by atoms with Crippen LogP contribution in [0.3, 0.4) is 0 Å². The van der Waals surface area contributed by atoms with Crippen molar-refractivity contribution in [3.63, 3.8) is 0 Å². The highest BCUT2D eigenvalue weighted by Crippen LogP contribution is 2.49. The van der Waals surface area contributed by atoms with E-state index in [-0.39, 0.29) is 6.04 Å². The third-order valence-corrected chi connectivity index (χ3v) is 5.84. The van der Waals surface area contributed by atoms with Gasteiger partial charge in [0.25, 0.3) is 0 Å². The highest BCUT2D eigenvalue weighted by atomic mass is 35.5. The van der Waals surface area contributed by atoms with Gasteiger partial charge in [0, 0.05) is 18.5 Å². The fourth-order valence-corrected chi connectivity index (χ4v) is 4.32. The van der Waals surface area contributed by atoms with Gasteiger partial charge in [-0.3, -0.25) is 4.90 Å². The molecule has 2 nitrogen and oxygen atoms in total. The van der Waals surface area contributed by atoms with Crippen LogP contribution >= 0.6 is 23.2 Å². The zero-order valence-corrected chi connectivity index (χ0v) is 13.3. The normalized spacial score (nSPS) is 34.8. The van der Waals surface area contributed by atoms with Crippen LogP contribution in [0.2, 0.25) is 10.0 Å². The highest BCUT2D eigenvalue weighted by molar-refractivity contribution is 6.42. The second kappa shape index (κ2) is 5.49. The fraction of sp³-hybridized carbons (Fsp3) is 0.625. The molecule has 1 aliphatic heterocycles. The van der Waals surface area contributed by atoms with Crippen molar-refractivity contribution in [3.8, 4) is 0 Å². The molecule has 3 rings (SSSR count). The molecule has 20 heavy (non-hydrogen) atoms. The maximum Gasteiger partial charge on any atom is 0.0706 e. The third-order valence-electron chi connectivity index (χ3n) is 5.10. The maximum atomic E-state index is 11.0. The van der Waals surface area contributed by atoms with Crippen molar-refractivity contribution >= 4 is 23.2 Å². The smallest absolute Gasteiger partial charge is 0.0706 e. The highest BCUT2D eigenvalue weighted by Gasteiger charge is 2.47. The Morgan fingerprint density at radius 3 is 2.75 bits per heavy atom. The van der Waals surface area contributed by atoms with Crippen LogP contribution in [0.15, 0.2) is 18.2 Å². The molecule has 2 fully saturated rings. The second-order valence-corrected chi connectivity index (χ2v) is 7.12. The van der Waals surface area contributed by atoms with Crippen molar-refractivity contribution in [2.75, 3.05) is 13.6 Å². The number of likely N-dealkylation sites (tertiary alicyclic amines) is 1. The van der Waals surface area contributed by atoms with Gasteiger partial charge in [0.15, 0.2) is 0 Å². The molecule has 1 saturated heterocycles. The number of piperidine rings is 1. The lowest BCUT2D eigenvalue weighted by molar-refractivity contribution is -0.118. The fourth-order valence-electron chi connectivity index (χ4n) is 4.01. The second-order valence-electron chi connectivity index (χ2n) is 6.30. The monoisotopic (exact) mass is 313 g/mol. The molecule has 0 radical (unpaired) electrons. The lowest BCUT2D eigenvalue weighted by Gasteiger charge is -2.51. The van der Waals surface area contributed by atoms with Gasteiger partial charge in [-0.05, 0) is 44.0 Å². The van der Waals surface area contributed by atoms with Crippen LogP contribution in [0.4, 0.5) is 0 Å². The summed E-state index contributed by atoms with van der Waals surface area (Å²) in [7, 11) is 2.14. The summed E-state index contributed by atoms with van der Waals surface area (Å²) >= 11 is 12.2. The molecular formula is C16H21Cl2NO. The van der Waals surface area contributed by atoms with Crippen LogP contribution in [0.25, 0.3) is 0 Å². The SMILES string of the molecule is CN1CCC2(O)CCCCC2C1c1ccc(Cl)c(Cl)c1. The van der Waals surface area contributed by atoms with Gasteiger partial charge >= 0.3 is 0 Å². The molecule has 4 heteroatoms. The molecule has 1 heterocycles. The van der Waals surface area contributed by atoms with Crippen molar-refractivity contribution in [2.45, 2.75) is 43.7 Å². The zero-order chi connectivity index (χ0) is 14.3. The molecule has 0 spiro atoms. The average molecular weight is 314 g/mol. The maximum absolute atomic E-state index is 11.0. The number of hydrogen-bond acceptors (Lipinski definition) is 2. The average Bonchev–Trinajstić information content (AvgIpc) is 2.43. The van der Waals surface area contributed by atoms with Crippen LogP contribution in [0.1, 0.15) is 43.7 Å². The third kappa shape index (κ3) is 2.48. The van der Waals surface area contributed by atoms with E-state index in [0.29, 0.717) is 16.0 Å². The van der Waals surface area contributed by atoms with E-state index in [1.807, 2.05) is 12.1 Å². The molecule has 0 amide bonds. The Morgan fingerprint density at radius 2 is 2.00 bits per heavy atom. The first-order valence-corrected chi connectivity index (χ1v) is 8.14. The molecule has 110 valence electrons. The Morgan fingerprint density at radius 1 is 1.20 bits per heavy atom. The Bertz CT molecular complexity index is 507. The van der Waals surface area contributed by atoms with E-state index in [2.05, 4.69) is 18.0 Å². The van der Waals surface area contributed by atoms with Crippen LogP contribution in [-0.4, -0.2) is 29.2 Å². The first kappa shape index (κ1) is 14.6. The minimum atomic E-state index is -0.498. The molecule has 1 N–H and O–H groups in total. The summed E-state index contributed by atoms with van der Waals surface area (Å²) in [5, 5.41) is 12.2. The quantitative estimate of drug-likeness (QED) is 0.836. The molecular weight excluding hydrogens is 293 g/mol. The Kier molecular flexibility index (Phi) is 4.02. The van der Waals surface area contributed by atoms with Crippen LogP contribution < -0.4 is 0 Å². The summed E-state index contributed by atoms with van der Waals surface area (Å²) in [6, 6.07) is 6.12. The molecule has 3 unspecified atom stereocenters. The molecule has 1 aliphatic carbocycles. The summed E-state index contributed by atoms with van der Waals surface area (Å²) in [4.78, 5) is 2.35. The van der Waals surface area contributed by atoms with E-state index in [0.717, 1.165) is 32.2 Å².